The number of aromatic nitrogens is 1. The van der Waals surface area contributed by atoms with Crippen LogP contribution in [0.4, 0.5) is 18.9 Å². The molecule has 0 saturated heterocycles. The number of benzene rings is 2. The van der Waals surface area contributed by atoms with Crippen LogP contribution in [0, 0.1) is 10.1 Å². The van der Waals surface area contributed by atoms with Gasteiger partial charge in [0.05, 0.1) is 16.0 Å². The lowest BCUT2D eigenvalue weighted by Gasteiger charge is -2.10. The quantitative estimate of drug-likeness (QED) is 0.418. The van der Waals surface area contributed by atoms with Gasteiger partial charge in [0.25, 0.3) is 5.69 Å². The van der Waals surface area contributed by atoms with E-state index >= 15 is 0 Å². The van der Waals surface area contributed by atoms with Crippen molar-refractivity contribution in [2.45, 2.75) is 6.18 Å². The first-order chi connectivity index (χ1) is 10.3. The third-order valence-corrected chi connectivity index (χ3v) is 3.24. The van der Waals surface area contributed by atoms with Crippen LogP contribution in [0.15, 0.2) is 36.4 Å². The van der Waals surface area contributed by atoms with Gasteiger partial charge in [0.15, 0.2) is 0 Å². The molecule has 0 spiro atoms. The number of nitro benzene ring substituents is 1. The molecule has 3 rings (SSSR count). The predicted molar refractivity (Wildman–Crippen MR) is 72.6 cm³/mol. The number of hydrogen-bond acceptors (Lipinski definition) is 4. The van der Waals surface area contributed by atoms with E-state index in [9.17, 15) is 28.4 Å². The molecule has 0 saturated carbocycles. The third-order valence-electron chi connectivity index (χ3n) is 3.24. The van der Waals surface area contributed by atoms with E-state index in [1.54, 1.807) is 6.07 Å². The van der Waals surface area contributed by atoms with Crippen LogP contribution < -0.4 is 0 Å². The summed E-state index contributed by atoms with van der Waals surface area (Å²) in [4.78, 5) is 14.3. The fourth-order valence-electron chi connectivity index (χ4n) is 2.25. The highest BCUT2D eigenvalue weighted by Crippen LogP contribution is 2.38. The van der Waals surface area contributed by atoms with Crippen LogP contribution in [-0.2, 0) is 6.18 Å². The van der Waals surface area contributed by atoms with Crippen LogP contribution in [0.1, 0.15) is 5.56 Å². The molecule has 3 aromatic rings. The number of pyridine rings is 1. The number of nitro groups is 1. The highest BCUT2D eigenvalue weighted by molar-refractivity contribution is 5.97. The lowest BCUT2D eigenvalue weighted by molar-refractivity contribution is -0.383. The predicted octanol–water partition coefficient (Wildman–Crippen LogP) is 4.02. The van der Waals surface area contributed by atoms with Gasteiger partial charge in [-0.05, 0) is 18.2 Å². The van der Waals surface area contributed by atoms with Crippen molar-refractivity contribution >= 4 is 27.5 Å². The molecule has 0 unspecified atom stereocenters. The number of alkyl halides is 3. The van der Waals surface area contributed by atoms with Crippen molar-refractivity contribution < 1.29 is 23.2 Å². The number of nitrogens with zero attached hydrogens (tertiary/aromatic N) is 2. The Balaban J connectivity index is 2.39. The van der Waals surface area contributed by atoms with E-state index < -0.39 is 22.4 Å². The number of rotatable bonds is 1. The zero-order valence-corrected chi connectivity index (χ0v) is 10.8. The Bertz CT molecular complexity index is 922. The SMILES string of the molecule is O=[N+]([O-])c1cccc2cc3cc(O)c(C(F)(F)F)cc3nc12. The minimum atomic E-state index is -4.74. The van der Waals surface area contributed by atoms with Gasteiger partial charge in [0.1, 0.15) is 11.3 Å². The molecular weight excluding hydrogens is 301 g/mol. The number of halogens is 3. The first-order valence-electron chi connectivity index (χ1n) is 6.05. The van der Waals surface area contributed by atoms with E-state index in [0.29, 0.717) is 11.5 Å². The van der Waals surface area contributed by atoms with Gasteiger partial charge in [0.2, 0.25) is 0 Å². The summed E-state index contributed by atoms with van der Waals surface area (Å²) in [7, 11) is 0. The molecule has 0 aliphatic heterocycles. The van der Waals surface area contributed by atoms with Crippen molar-refractivity contribution in [3.05, 3.63) is 52.1 Å². The van der Waals surface area contributed by atoms with Crippen LogP contribution in [0.5, 0.6) is 5.75 Å². The normalized spacial score (nSPS) is 12.0. The molecule has 1 N–H and O–H groups in total. The molecule has 5 nitrogen and oxygen atoms in total. The number of non-ortho nitro benzene ring substituents is 1. The molecule has 0 radical (unpaired) electrons. The van der Waals surface area contributed by atoms with Gasteiger partial charge in [0, 0.05) is 16.8 Å². The molecule has 1 heterocycles. The summed E-state index contributed by atoms with van der Waals surface area (Å²) in [5.41, 5.74) is -1.60. The largest absolute Gasteiger partial charge is 0.507 e. The molecule has 8 heteroatoms. The molecule has 0 amide bonds. The second-order valence-corrected chi connectivity index (χ2v) is 4.65. The number of para-hydroxylation sites is 1. The van der Waals surface area contributed by atoms with Crippen molar-refractivity contribution in [2.75, 3.05) is 0 Å². The van der Waals surface area contributed by atoms with Crippen molar-refractivity contribution in [1.29, 1.82) is 0 Å². The molecule has 22 heavy (non-hydrogen) atoms. The van der Waals surface area contributed by atoms with Gasteiger partial charge in [-0.3, -0.25) is 10.1 Å². The Labute approximate surface area is 120 Å². The number of aromatic hydroxyl groups is 1. The zero-order chi connectivity index (χ0) is 16.1. The van der Waals surface area contributed by atoms with Crippen molar-refractivity contribution in [2.24, 2.45) is 0 Å². The molecule has 0 fully saturated rings. The van der Waals surface area contributed by atoms with E-state index in [0.717, 1.165) is 6.07 Å². The van der Waals surface area contributed by atoms with Crippen molar-refractivity contribution in [1.82, 2.24) is 4.98 Å². The van der Waals surface area contributed by atoms with Gasteiger partial charge < -0.3 is 5.11 Å². The smallest absolute Gasteiger partial charge is 0.420 e. The molecule has 0 aliphatic carbocycles. The first-order valence-corrected chi connectivity index (χ1v) is 6.05. The highest BCUT2D eigenvalue weighted by Gasteiger charge is 2.34. The maximum absolute atomic E-state index is 12.8. The molecule has 1 aromatic heterocycles. The van der Waals surface area contributed by atoms with Gasteiger partial charge in [-0.15, -0.1) is 0 Å². The van der Waals surface area contributed by atoms with Crippen LogP contribution in [0.3, 0.4) is 0 Å². The van der Waals surface area contributed by atoms with E-state index in [1.165, 1.54) is 18.2 Å². The summed E-state index contributed by atoms with van der Waals surface area (Å²) in [6, 6.07) is 7.32. The minimum absolute atomic E-state index is 0.00110. The average molecular weight is 308 g/mol. The maximum Gasteiger partial charge on any atom is 0.420 e. The zero-order valence-electron chi connectivity index (χ0n) is 10.8. The first kappa shape index (κ1) is 14.1. The van der Waals surface area contributed by atoms with Crippen LogP contribution in [0.25, 0.3) is 21.8 Å². The summed E-state index contributed by atoms with van der Waals surface area (Å²) in [5.74, 6) is -0.911. The monoisotopic (exact) mass is 308 g/mol. The van der Waals surface area contributed by atoms with E-state index in [4.69, 9.17) is 0 Å². The fourth-order valence-corrected chi connectivity index (χ4v) is 2.25. The van der Waals surface area contributed by atoms with Gasteiger partial charge in [-0.25, -0.2) is 4.98 Å². The highest BCUT2D eigenvalue weighted by atomic mass is 19.4. The number of phenolic OH excluding ortho intramolecular Hbond substituents is 1. The Hall–Kier alpha value is -2.90. The number of fused-ring (bicyclic) bond motifs is 2. The summed E-state index contributed by atoms with van der Waals surface area (Å²) >= 11 is 0. The second kappa shape index (κ2) is 4.55. The Morgan fingerprint density at radius 1 is 1.14 bits per heavy atom. The Kier molecular flexibility index (Phi) is 2.91. The van der Waals surface area contributed by atoms with Crippen LogP contribution in [0.2, 0.25) is 0 Å². The lowest BCUT2D eigenvalue weighted by Crippen LogP contribution is -2.05. The van der Waals surface area contributed by atoms with E-state index in [2.05, 4.69) is 4.98 Å². The van der Waals surface area contributed by atoms with Crippen molar-refractivity contribution in [3.63, 3.8) is 0 Å². The van der Waals surface area contributed by atoms with Gasteiger partial charge in [-0.1, -0.05) is 12.1 Å². The molecule has 0 bridgehead atoms. The van der Waals surface area contributed by atoms with Gasteiger partial charge >= 0.3 is 6.18 Å². The summed E-state index contributed by atoms with van der Waals surface area (Å²) < 4.78 is 38.4. The summed E-state index contributed by atoms with van der Waals surface area (Å²) in [5, 5.41) is 21.1. The standard InChI is InChI=1S/C14H7F3N2O3/c15-14(16,17)9-6-10-8(5-12(9)20)4-7-2-1-3-11(19(21)22)13(7)18-10/h1-6,20H. The Morgan fingerprint density at radius 3 is 2.50 bits per heavy atom. The maximum atomic E-state index is 12.8. The summed E-state index contributed by atoms with van der Waals surface area (Å²) in [6.07, 6.45) is -4.74. The average Bonchev–Trinajstić information content (AvgIpc) is 2.42. The molecule has 112 valence electrons. The van der Waals surface area contributed by atoms with E-state index in [-0.39, 0.29) is 22.1 Å². The minimum Gasteiger partial charge on any atom is -0.507 e. The van der Waals surface area contributed by atoms with Crippen LogP contribution >= 0.6 is 0 Å². The molecule has 0 atom stereocenters. The molecule has 2 aromatic carbocycles. The van der Waals surface area contributed by atoms with Crippen LogP contribution in [-0.4, -0.2) is 15.0 Å². The molecular formula is C14H7F3N2O3. The molecule has 0 aliphatic rings. The fraction of sp³-hybridized carbons (Fsp3) is 0.0714. The second-order valence-electron chi connectivity index (χ2n) is 4.65. The van der Waals surface area contributed by atoms with Crippen molar-refractivity contribution in [3.8, 4) is 5.75 Å². The Morgan fingerprint density at radius 2 is 1.86 bits per heavy atom. The number of phenols is 1. The summed E-state index contributed by atoms with van der Waals surface area (Å²) in [6.45, 7) is 0. The topological polar surface area (TPSA) is 76.3 Å². The lowest BCUT2D eigenvalue weighted by atomic mass is 10.1. The van der Waals surface area contributed by atoms with Gasteiger partial charge in [-0.2, -0.15) is 13.2 Å². The van der Waals surface area contributed by atoms with E-state index in [1.807, 2.05) is 0 Å². The number of hydrogen-bond donors (Lipinski definition) is 1. The third kappa shape index (κ3) is 2.18.